The smallest absolute Gasteiger partial charge is 0.262 e. The largest absolute Gasteiger partial charge is 0.493 e. The average Bonchev–Trinajstić information content (AvgIpc) is 2.35. The molecule has 1 heterocycles. The third kappa shape index (κ3) is 3.13. The first-order chi connectivity index (χ1) is 9.11. The lowest BCUT2D eigenvalue weighted by atomic mass is 10.1. The number of ether oxygens (including phenoxy) is 1. The molecule has 2 N–H and O–H groups in total. The van der Waals surface area contributed by atoms with Crippen LogP contribution in [0.15, 0.2) is 29.1 Å². The van der Waals surface area contributed by atoms with E-state index in [9.17, 15) is 9.90 Å². The van der Waals surface area contributed by atoms with E-state index in [1.165, 1.54) is 0 Å². The summed E-state index contributed by atoms with van der Waals surface area (Å²) in [5, 5.41) is 10.4. The lowest BCUT2D eigenvalue weighted by Crippen LogP contribution is -2.14. The molecule has 1 aromatic heterocycles. The van der Waals surface area contributed by atoms with E-state index in [-0.39, 0.29) is 23.9 Å². The number of halogens is 1. The molecule has 100 valence electrons. The summed E-state index contributed by atoms with van der Waals surface area (Å²) in [6.07, 6.45) is 0. The maximum absolute atomic E-state index is 12.0. The van der Waals surface area contributed by atoms with Gasteiger partial charge in [0.2, 0.25) is 5.88 Å². The second-order valence-corrected chi connectivity index (χ2v) is 4.30. The van der Waals surface area contributed by atoms with Crippen LogP contribution < -0.4 is 5.56 Å². The van der Waals surface area contributed by atoms with Crippen LogP contribution in [-0.2, 0) is 11.3 Å². The summed E-state index contributed by atoms with van der Waals surface area (Å²) in [7, 11) is 0. The molecule has 0 saturated carbocycles. The van der Waals surface area contributed by atoms with Crippen LogP contribution in [-0.4, -0.2) is 21.7 Å². The van der Waals surface area contributed by atoms with Crippen LogP contribution in [0.5, 0.6) is 5.88 Å². The molecule has 0 aliphatic heterocycles. The van der Waals surface area contributed by atoms with Gasteiger partial charge in [0.1, 0.15) is 18.0 Å². The molecule has 0 aliphatic carbocycles. The van der Waals surface area contributed by atoms with Gasteiger partial charge in [0, 0.05) is 11.6 Å². The van der Waals surface area contributed by atoms with Gasteiger partial charge in [-0.25, -0.2) is 0 Å². The zero-order chi connectivity index (χ0) is 13.8. The van der Waals surface area contributed by atoms with Gasteiger partial charge in [-0.05, 0) is 24.6 Å². The minimum Gasteiger partial charge on any atom is -0.493 e. The fraction of sp³-hybridized carbons (Fsp3) is 0.231. The number of nitrogens with zero attached hydrogens (tertiary/aromatic N) is 1. The molecule has 0 saturated heterocycles. The maximum Gasteiger partial charge on any atom is 0.262 e. The van der Waals surface area contributed by atoms with Crippen LogP contribution in [0.1, 0.15) is 12.7 Å². The summed E-state index contributed by atoms with van der Waals surface area (Å²) in [5.74, 6) is -0.0455. The molecule has 1 aromatic carbocycles. The number of aromatic hydroxyl groups is 1. The van der Waals surface area contributed by atoms with Gasteiger partial charge in [-0.2, -0.15) is 4.98 Å². The predicted octanol–water partition coefficient (Wildman–Crippen LogP) is 2.33. The van der Waals surface area contributed by atoms with Crippen molar-refractivity contribution in [2.75, 3.05) is 6.61 Å². The Bertz CT molecular complexity index is 640. The summed E-state index contributed by atoms with van der Waals surface area (Å²) in [6, 6.07) is 6.66. The topological polar surface area (TPSA) is 75.2 Å². The zero-order valence-electron chi connectivity index (χ0n) is 10.3. The van der Waals surface area contributed by atoms with E-state index in [2.05, 4.69) is 9.97 Å². The van der Waals surface area contributed by atoms with Crippen molar-refractivity contribution in [3.8, 4) is 17.0 Å². The van der Waals surface area contributed by atoms with Crippen molar-refractivity contribution in [1.29, 1.82) is 0 Å². The van der Waals surface area contributed by atoms with Gasteiger partial charge in [-0.15, -0.1) is 0 Å². The van der Waals surface area contributed by atoms with Crippen molar-refractivity contribution in [1.82, 2.24) is 9.97 Å². The summed E-state index contributed by atoms with van der Waals surface area (Å²) < 4.78 is 5.13. The Labute approximate surface area is 114 Å². The molecule has 0 bridgehead atoms. The SMILES string of the molecule is CCOCc1nc(O)c(-c2cccc(Cl)c2)c(=O)[nH]1. The van der Waals surface area contributed by atoms with Gasteiger partial charge in [-0.3, -0.25) is 4.79 Å². The van der Waals surface area contributed by atoms with Crippen LogP contribution in [0.2, 0.25) is 5.02 Å². The molecule has 0 aliphatic rings. The summed E-state index contributed by atoms with van der Waals surface area (Å²) in [5.41, 5.74) is 0.189. The number of rotatable bonds is 4. The second-order valence-electron chi connectivity index (χ2n) is 3.86. The summed E-state index contributed by atoms with van der Waals surface area (Å²) in [6.45, 7) is 2.48. The molecule has 0 fully saturated rings. The van der Waals surface area contributed by atoms with Gasteiger partial charge in [0.15, 0.2) is 0 Å². The molecule has 5 nitrogen and oxygen atoms in total. The quantitative estimate of drug-likeness (QED) is 0.901. The van der Waals surface area contributed by atoms with Gasteiger partial charge >= 0.3 is 0 Å². The molecule has 6 heteroatoms. The molecular weight excluding hydrogens is 268 g/mol. The van der Waals surface area contributed by atoms with E-state index in [0.717, 1.165) is 0 Å². The summed E-state index contributed by atoms with van der Waals surface area (Å²) in [4.78, 5) is 18.5. The molecule has 2 aromatic rings. The Morgan fingerprint density at radius 1 is 1.47 bits per heavy atom. The monoisotopic (exact) mass is 280 g/mol. The molecule has 19 heavy (non-hydrogen) atoms. The van der Waals surface area contributed by atoms with Crippen molar-refractivity contribution >= 4 is 11.6 Å². The Balaban J connectivity index is 2.45. The van der Waals surface area contributed by atoms with E-state index < -0.39 is 5.56 Å². The van der Waals surface area contributed by atoms with Gasteiger partial charge in [0.25, 0.3) is 5.56 Å². The van der Waals surface area contributed by atoms with E-state index in [1.807, 2.05) is 6.92 Å². The number of benzene rings is 1. The zero-order valence-corrected chi connectivity index (χ0v) is 11.1. The molecular formula is C13H13ClN2O3. The molecule has 0 radical (unpaired) electrons. The predicted molar refractivity (Wildman–Crippen MR) is 72.3 cm³/mol. The number of hydrogen-bond acceptors (Lipinski definition) is 4. The number of aromatic nitrogens is 2. The first kappa shape index (κ1) is 13.6. The van der Waals surface area contributed by atoms with Gasteiger partial charge < -0.3 is 14.8 Å². The summed E-state index contributed by atoms with van der Waals surface area (Å²) >= 11 is 5.86. The van der Waals surface area contributed by atoms with Gasteiger partial charge in [0.05, 0.1) is 0 Å². The molecule has 0 amide bonds. The molecule has 0 spiro atoms. The maximum atomic E-state index is 12.0. The molecule has 2 rings (SSSR count). The average molecular weight is 281 g/mol. The second kappa shape index (κ2) is 5.86. The highest BCUT2D eigenvalue weighted by atomic mass is 35.5. The number of nitrogens with one attached hydrogen (secondary N) is 1. The van der Waals surface area contributed by atoms with Crippen LogP contribution in [0.3, 0.4) is 0 Å². The van der Waals surface area contributed by atoms with Crippen molar-refractivity contribution in [3.05, 3.63) is 45.5 Å². The fourth-order valence-corrected chi connectivity index (χ4v) is 1.87. The van der Waals surface area contributed by atoms with Crippen molar-refractivity contribution < 1.29 is 9.84 Å². The van der Waals surface area contributed by atoms with Crippen LogP contribution in [0.25, 0.3) is 11.1 Å². The normalized spacial score (nSPS) is 10.6. The number of aromatic amines is 1. The van der Waals surface area contributed by atoms with E-state index in [4.69, 9.17) is 16.3 Å². The van der Waals surface area contributed by atoms with Crippen LogP contribution in [0.4, 0.5) is 0 Å². The minimum absolute atomic E-state index is 0.0998. The number of hydrogen-bond donors (Lipinski definition) is 2. The first-order valence-electron chi connectivity index (χ1n) is 5.77. The van der Waals surface area contributed by atoms with Crippen LogP contribution in [0, 0.1) is 0 Å². The third-order valence-electron chi connectivity index (χ3n) is 2.51. The lowest BCUT2D eigenvalue weighted by molar-refractivity contribution is 0.127. The van der Waals surface area contributed by atoms with Crippen LogP contribution >= 0.6 is 11.6 Å². The highest BCUT2D eigenvalue weighted by molar-refractivity contribution is 6.30. The Morgan fingerprint density at radius 3 is 2.89 bits per heavy atom. The van der Waals surface area contributed by atoms with Crippen molar-refractivity contribution in [3.63, 3.8) is 0 Å². The lowest BCUT2D eigenvalue weighted by Gasteiger charge is -2.06. The minimum atomic E-state index is -0.426. The Morgan fingerprint density at radius 2 is 2.26 bits per heavy atom. The Kier molecular flexibility index (Phi) is 4.19. The van der Waals surface area contributed by atoms with E-state index in [1.54, 1.807) is 24.3 Å². The first-order valence-corrected chi connectivity index (χ1v) is 6.15. The standard InChI is InChI=1S/C13H13ClN2O3/c1-2-19-7-10-15-12(17)11(13(18)16-10)8-4-3-5-9(14)6-8/h3-6H,2,7H2,1H3,(H2,15,16,17,18). The fourth-order valence-electron chi connectivity index (χ4n) is 1.68. The highest BCUT2D eigenvalue weighted by Gasteiger charge is 2.13. The van der Waals surface area contributed by atoms with Crippen molar-refractivity contribution in [2.45, 2.75) is 13.5 Å². The Hall–Kier alpha value is -1.85. The third-order valence-corrected chi connectivity index (χ3v) is 2.74. The molecule has 0 unspecified atom stereocenters. The molecule has 0 atom stereocenters. The number of H-pyrrole nitrogens is 1. The van der Waals surface area contributed by atoms with E-state index in [0.29, 0.717) is 17.2 Å². The van der Waals surface area contributed by atoms with Crippen molar-refractivity contribution in [2.24, 2.45) is 0 Å². The van der Waals surface area contributed by atoms with Gasteiger partial charge in [-0.1, -0.05) is 23.7 Å². The highest BCUT2D eigenvalue weighted by Crippen LogP contribution is 2.25. The van der Waals surface area contributed by atoms with E-state index >= 15 is 0 Å².